The Kier molecular flexibility index (Phi) is 10.2. The first-order valence-electron chi connectivity index (χ1n) is 12.4. The molecule has 1 aromatic heterocycles. The molecule has 234 valence electrons. The first-order chi connectivity index (χ1) is 20.0. The van der Waals surface area contributed by atoms with E-state index in [-0.39, 0.29) is 30.5 Å². The van der Waals surface area contributed by atoms with Gasteiger partial charge in [-0.3, -0.25) is 14.5 Å². The molecule has 17 heteroatoms. The van der Waals surface area contributed by atoms with Crippen molar-refractivity contribution in [3.8, 4) is 0 Å². The monoisotopic (exact) mass is 637 g/mol. The van der Waals surface area contributed by atoms with Crippen molar-refractivity contribution in [3.63, 3.8) is 0 Å². The Morgan fingerprint density at radius 2 is 1.56 bits per heavy atom. The maximum Gasteiger partial charge on any atom is 0.490 e. The Morgan fingerprint density at radius 1 is 0.907 bits per heavy atom. The number of para-hydroxylation sites is 1. The van der Waals surface area contributed by atoms with Crippen LogP contribution in [0.25, 0.3) is 10.9 Å². The van der Waals surface area contributed by atoms with E-state index in [1.807, 2.05) is 0 Å². The number of aryl methyl sites for hydroxylation is 1. The van der Waals surface area contributed by atoms with Crippen molar-refractivity contribution in [1.82, 2.24) is 10.3 Å². The van der Waals surface area contributed by atoms with Gasteiger partial charge in [0, 0.05) is 17.5 Å². The number of alkyl halides is 6. The fraction of sp³-hybridized carbons (Fsp3) is 0.346. The number of aliphatic hydroxyl groups excluding tert-OH is 2. The molecule has 10 nitrogen and oxygen atoms in total. The average Bonchev–Trinajstić information content (AvgIpc) is 2.94. The zero-order valence-electron chi connectivity index (χ0n) is 22.0. The van der Waals surface area contributed by atoms with Crippen molar-refractivity contribution in [1.29, 1.82) is 0 Å². The molecule has 0 bridgehead atoms. The largest absolute Gasteiger partial charge is 0.490 e. The molecule has 0 spiro atoms. The van der Waals surface area contributed by atoms with Gasteiger partial charge in [-0.1, -0.05) is 18.2 Å². The van der Waals surface area contributed by atoms with Crippen LogP contribution in [0.5, 0.6) is 0 Å². The maximum absolute atomic E-state index is 12.9. The molecule has 0 fully saturated rings. The van der Waals surface area contributed by atoms with Gasteiger partial charge in [-0.15, -0.1) is 0 Å². The van der Waals surface area contributed by atoms with Crippen LogP contribution in [0.15, 0.2) is 59.5 Å². The summed E-state index contributed by atoms with van der Waals surface area (Å²) in [6.07, 6.45) is -9.90. The molecule has 0 unspecified atom stereocenters. The van der Waals surface area contributed by atoms with Crippen LogP contribution >= 0.6 is 0 Å². The number of ether oxygens (including phenoxy) is 1. The van der Waals surface area contributed by atoms with Crippen LogP contribution in [-0.4, -0.2) is 67.0 Å². The van der Waals surface area contributed by atoms with Crippen LogP contribution in [0.2, 0.25) is 0 Å². The Morgan fingerprint density at radius 3 is 2.14 bits per heavy atom. The van der Waals surface area contributed by atoms with Crippen LogP contribution in [0.1, 0.15) is 24.1 Å². The number of esters is 1. The summed E-state index contributed by atoms with van der Waals surface area (Å²) in [6.45, 7) is -3.20. The first kappa shape index (κ1) is 33.5. The summed E-state index contributed by atoms with van der Waals surface area (Å²) in [5.41, 5.74) is -2.40. The maximum atomic E-state index is 12.9. The minimum Gasteiger partial charge on any atom is -0.456 e. The van der Waals surface area contributed by atoms with Crippen LogP contribution in [0, 0.1) is 0 Å². The smallest absolute Gasteiger partial charge is 0.456 e. The second kappa shape index (κ2) is 13.1. The SMILES string of the molecule is O=C(CCCc1ccc2cccc(NS(=O)(=O)c3ccc(C(F)(F)F)cc3)c2n1)NC(CO)(CO)COC(=O)C(F)(F)F. The molecule has 3 rings (SSSR count). The average molecular weight is 638 g/mol. The summed E-state index contributed by atoms with van der Waals surface area (Å²) in [7, 11) is -4.29. The number of carbonyl (C=O) groups is 2. The number of anilines is 1. The molecule has 3 aromatic rings. The van der Waals surface area contributed by atoms with E-state index in [4.69, 9.17) is 0 Å². The number of sulfonamides is 1. The number of benzene rings is 2. The van der Waals surface area contributed by atoms with Gasteiger partial charge >= 0.3 is 18.3 Å². The van der Waals surface area contributed by atoms with Gasteiger partial charge in [0.2, 0.25) is 5.91 Å². The molecule has 0 saturated carbocycles. The third-order valence-electron chi connectivity index (χ3n) is 6.07. The van der Waals surface area contributed by atoms with Crippen molar-refractivity contribution in [2.45, 2.75) is 42.0 Å². The lowest BCUT2D eigenvalue weighted by molar-refractivity contribution is -0.202. The van der Waals surface area contributed by atoms with Gasteiger partial charge in [0.25, 0.3) is 10.0 Å². The van der Waals surface area contributed by atoms with Crippen molar-refractivity contribution < 1.29 is 59.3 Å². The molecule has 4 N–H and O–H groups in total. The normalized spacial score (nSPS) is 12.7. The highest BCUT2D eigenvalue weighted by Crippen LogP contribution is 2.31. The number of hydrogen-bond donors (Lipinski definition) is 4. The van der Waals surface area contributed by atoms with Crippen molar-refractivity contribution in [2.75, 3.05) is 24.5 Å². The number of amides is 1. The third kappa shape index (κ3) is 8.77. The summed E-state index contributed by atoms with van der Waals surface area (Å²) < 4.78 is 108. The van der Waals surface area contributed by atoms with Crippen molar-refractivity contribution >= 4 is 38.5 Å². The number of nitrogens with zero attached hydrogens (tertiary/aromatic N) is 1. The second-order valence-electron chi connectivity index (χ2n) is 9.38. The Labute approximate surface area is 240 Å². The standard InChI is InChI=1S/C26H25F6N3O7S/c27-25(28,29)17-8-11-19(12-9-17)43(40,41)35-20-5-1-3-16-7-10-18(33-22(16)20)4-2-6-21(38)34-24(13-36,14-37)15-42-23(39)26(30,31)32/h1,3,5,7-12,35-37H,2,4,6,13-15H2,(H,34,38). The number of aromatic nitrogens is 1. The van der Waals surface area contributed by atoms with E-state index in [9.17, 15) is 54.6 Å². The molecule has 1 heterocycles. The van der Waals surface area contributed by atoms with Crippen LogP contribution < -0.4 is 10.0 Å². The highest BCUT2D eigenvalue weighted by molar-refractivity contribution is 7.92. The van der Waals surface area contributed by atoms with E-state index in [0.29, 0.717) is 23.2 Å². The van der Waals surface area contributed by atoms with E-state index in [1.165, 1.54) is 6.07 Å². The van der Waals surface area contributed by atoms with E-state index >= 15 is 0 Å². The first-order valence-corrected chi connectivity index (χ1v) is 13.8. The molecule has 0 aliphatic carbocycles. The predicted molar refractivity (Wildman–Crippen MR) is 139 cm³/mol. The van der Waals surface area contributed by atoms with Crippen LogP contribution in [0.4, 0.5) is 32.0 Å². The number of fused-ring (bicyclic) bond motifs is 1. The Balaban J connectivity index is 1.68. The summed E-state index contributed by atoms with van der Waals surface area (Å²) in [4.78, 5) is 27.4. The van der Waals surface area contributed by atoms with Crippen molar-refractivity contribution in [3.05, 3.63) is 65.9 Å². The minimum atomic E-state index is -5.31. The molecule has 0 aliphatic heterocycles. The van der Waals surface area contributed by atoms with Gasteiger partial charge in [0.1, 0.15) is 12.1 Å². The van der Waals surface area contributed by atoms with Gasteiger partial charge in [0.05, 0.1) is 34.9 Å². The minimum absolute atomic E-state index is 0.0427. The zero-order chi connectivity index (χ0) is 32.1. The van der Waals surface area contributed by atoms with Crippen LogP contribution in [-0.2, 0) is 36.9 Å². The van der Waals surface area contributed by atoms with Gasteiger partial charge in [0.15, 0.2) is 0 Å². The third-order valence-corrected chi connectivity index (χ3v) is 7.45. The molecule has 1 amide bonds. The molecular weight excluding hydrogens is 612 g/mol. The van der Waals surface area contributed by atoms with Gasteiger partial charge in [-0.25, -0.2) is 13.2 Å². The summed E-state index contributed by atoms with van der Waals surface area (Å²) in [5.74, 6) is -3.34. The van der Waals surface area contributed by atoms with E-state index in [2.05, 4.69) is 19.8 Å². The number of carbonyl (C=O) groups excluding carboxylic acids is 2. The highest BCUT2D eigenvalue weighted by atomic mass is 32.2. The second-order valence-corrected chi connectivity index (χ2v) is 11.1. The van der Waals surface area contributed by atoms with Gasteiger partial charge < -0.3 is 20.3 Å². The molecule has 0 atom stereocenters. The number of pyridine rings is 1. The summed E-state index contributed by atoms with van der Waals surface area (Å²) in [5, 5.41) is 21.7. The molecular formula is C26H25F6N3O7S. The number of aliphatic hydroxyl groups is 2. The molecule has 43 heavy (non-hydrogen) atoms. The highest BCUT2D eigenvalue weighted by Gasteiger charge is 2.43. The fourth-order valence-corrected chi connectivity index (χ4v) is 4.83. The van der Waals surface area contributed by atoms with Gasteiger partial charge in [-0.05, 0) is 49.2 Å². The lowest BCUT2D eigenvalue weighted by atomic mass is 10.0. The number of nitrogens with one attached hydrogen (secondary N) is 2. The molecule has 2 aromatic carbocycles. The van der Waals surface area contributed by atoms with Crippen LogP contribution in [0.3, 0.4) is 0 Å². The lowest BCUT2D eigenvalue weighted by Crippen LogP contribution is -2.58. The van der Waals surface area contributed by atoms with E-state index < -0.39 is 70.1 Å². The lowest BCUT2D eigenvalue weighted by Gasteiger charge is -2.30. The number of halogens is 6. The molecule has 0 radical (unpaired) electrons. The zero-order valence-corrected chi connectivity index (χ0v) is 22.8. The van der Waals surface area contributed by atoms with Gasteiger partial charge in [-0.2, -0.15) is 26.3 Å². The fourth-order valence-electron chi connectivity index (χ4n) is 3.77. The summed E-state index contributed by atoms with van der Waals surface area (Å²) in [6, 6.07) is 10.8. The predicted octanol–water partition coefficient (Wildman–Crippen LogP) is 3.32. The topological polar surface area (TPSA) is 155 Å². The number of hydrogen-bond acceptors (Lipinski definition) is 8. The molecule has 0 saturated heterocycles. The van der Waals surface area contributed by atoms with Crippen molar-refractivity contribution in [2.24, 2.45) is 0 Å². The molecule has 0 aliphatic rings. The Bertz CT molecular complexity index is 1560. The van der Waals surface area contributed by atoms with E-state index in [1.54, 1.807) is 24.3 Å². The number of rotatable bonds is 12. The quantitative estimate of drug-likeness (QED) is 0.174. The summed E-state index contributed by atoms with van der Waals surface area (Å²) >= 11 is 0. The van der Waals surface area contributed by atoms with E-state index in [0.717, 1.165) is 12.1 Å². The Hall–Kier alpha value is -3.96.